The Kier molecular flexibility index (Phi) is 14.6. The van der Waals surface area contributed by atoms with Crippen molar-refractivity contribution in [1.82, 2.24) is 21.3 Å². The van der Waals surface area contributed by atoms with Gasteiger partial charge in [0.05, 0.1) is 0 Å². The average molecular weight is 513 g/mol. The van der Waals surface area contributed by atoms with Gasteiger partial charge in [0.1, 0.15) is 12.1 Å². The van der Waals surface area contributed by atoms with Gasteiger partial charge in [0.15, 0.2) is 0 Å². The van der Waals surface area contributed by atoms with Crippen LogP contribution < -0.4 is 21.3 Å². The predicted molar refractivity (Wildman–Crippen MR) is 147 cm³/mol. The molecule has 0 radical (unpaired) electrons. The van der Waals surface area contributed by atoms with Gasteiger partial charge in [0.25, 0.3) is 0 Å². The molecule has 204 valence electrons. The van der Waals surface area contributed by atoms with Gasteiger partial charge in [-0.2, -0.15) is 0 Å². The van der Waals surface area contributed by atoms with E-state index in [4.69, 9.17) is 0 Å². The highest BCUT2D eigenvalue weighted by Gasteiger charge is 2.27. The molecule has 1 aromatic carbocycles. The normalized spacial score (nSPS) is 14.9. The van der Waals surface area contributed by atoms with E-state index in [2.05, 4.69) is 21.3 Å². The first-order valence-electron chi connectivity index (χ1n) is 13.1. The zero-order valence-electron chi connectivity index (χ0n) is 23.0. The first kappa shape index (κ1) is 31.6. The van der Waals surface area contributed by atoms with Crippen LogP contribution in [0.5, 0.6) is 0 Å². The van der Waals surface area contributed by atoms with Crippen molar-refractivity contribution in [2.75, 3.05) is 0 Å². The number of amides is 4. The number of allylic oxidation sites excluding steroid dienone is 3. The van der Waals surface area contributed by atoms with Crippen molar-refractivity contribution >= 4 is 24.1 Å². The fraction of sp³-hybridized carbons (Fsp3) is 0.517. The van der Waals surface area contributed by atoms with Gasteiger partial charge >= 0.3 is 0 Å². The van der Waals surface area contributed by atoms with Gasteiger partial charge in [0.2, 0.25) is 24.1 Å². The monoisotopic (exact) mass is 512 g/mol. The minimum absolute atomic E-state index is 0.0614. The van der Waals surface area contributed by atoms with Crippen LogP contribution in [0.1, 0.15) is 66.4 Å². The van der Waals surface area contributed by atoms with Crippen molar-refractivity contribution in [3.05, 3.63) is 59.8 Å². The van der Waals surface area contributed by atoms with Crippen LogP contribution in [0.4, 0.5) is 0 Å². The van der Waals surface area contributed by atoms with E-state index in [0.717, 1.165) is 12.0 Å². The molecule has 0 bridgehead atoms. The molecule has 4 atom stereocenters. The molecule has 0 fully saturated rings. The number of hydrogen-bond donors (Lipinski definition) is 4. The van der Waals surface area contributed by atoms with Crippen molar-refractivity contribution in [2.45, 2.75) is 85.4 Å². The number of carbonyl (C=O) groups is 4. The minimum Gasteiger partial charge on any atom is -0.351 e. The van der Waals surface area contributed by atoms with Crippen molar-refractivity contribution in [2.24, 2.45) is 11.8 Å². The Morgan fingerprint density at radius 1 is 0.946 bits per heavy atom. The maximum atomic E-state index is 13.0. The summed E-state index contributed by atoms with van der Waals surface area (Å²) >= 11 is 0. The highest BCUT2D eigenvalue weighted by atomic mass is 16.2. The number of benzene rings is 1. The number of rotatable bonds is 16. The molecule has 1 rings (SSSR count). The lowest BCUT2D eigenvalue weighted by atomic mass is 9.97. The third-order valence-corrected chi connectivity index (χ3v) is 6.32. The summed E-state index contributed by atoms with van der Waals surface area (Å²) < 4.78 is 0. The lowest BCUT2D eigenvalue weighted by Crippen LogP contribution is -2.51. The second-order valence-corrected chi connectivity index (χ2v) is 9.60. The first-order valence-corrected chi connectivity index (χ1v) is 13.1. The van der Waals surface area contributed by atoms with Gasteiger partial charge in [-0.25, -0.2) is 0 Å². The second-order valence-electron chi connectivity index (χ2n) is 9.60. The molecule has 0 aliphatic rings. The van der Waals surface area contributed by atoms with Crippen LogP contribution in [0.3, 0.4) is 0 Å². The Morgan fingerprint density at radius 2 is 1.62 bits per heavy atom. The Hall–Kier alpha value is -3.42. The number of hydrogen-bond acceptors (Lipinski definition) is 4. The maximum absolute atomic E-state index is 13.0. The third-order valence-electron chi connectivity index (χ3n) is 6.32. The highest BCUT2D eigenvalue weighted by Crippen LogP contribution is 2.12. The summed E-state index contributed by atoms with van der Waals surface area (Å²) in [6, 6.07) is 8.04. The molecule has 0 spiro atoms. The van der Waals surface area contributed by atoms with Crippen molar-refractivity contribution < 1.29 is 19.2 Å². The Bertz CT molecular complexity index is 927. The third kappa shape index (κ3) is 11.5. The Morgan fingerprint density at radius 3 is 2.16 bits per heavy atom. The summed E-state index contributed by atoms with van der Waals surface area (Å²) in [6.45, 7) is 11.3. The number of carbonyl (C=O) groups excluding carboxylic acids is 4. The van der Waals surface area contributed by atoms with Gasteiger partial charge in [-0.05, 0) is 50.2 Å². The summed E-state index contributed by atoms with van der Waals surface area (Å²) in [6.07, 6.45) is 7.74. The van der Waals surface area contributed by atoms with Gasteiger partial charge in [0, 0.05) is 18.2 Å². The quantitative estimate of drug-likeness (QED) is 0.201. The van der Waals surface area contributed by atoms with Crippen molar-refractivity contribution in [3.63, 3.8) is 0 Å². The highest BCUT2D eigenvalue weighted by molar-refractivity contribution is 5.89. The van der Waals surface area contributed by atoms with Gasteiger partial charge < -0.3 is 21.3 Å². The SMILES string of the molecule is C/C=C\C(=C/C)NC(=O)C(NC(=O)CCC(Cc1ccccc1)NC(=O)C(NC=O)C(C)C)C(C)CC. The molecule has 0 saturated heterocycles. The maximum Gasteiger partial charge on any atom is 0.247 e. The smallest absolute Gasteiger partial charge is 0.247 e. The summed E-state index contributed by atoms with van der Waals surface area (Å²) in [5, 5.41) is 11.4. The Balaban J connectivity index is 2.94. The molecule has 8 heteroatoms. The first-order chi connectivity index (χ1) is 17.7. The van der Waals surface area contributed by atoms with E-state index < -0.39 is 12.1 Å². The molecule has 8 nitrogen and oxygen atoms in total. The van der Waals surface area contributed by atoms with E-state index >= 15 is 0 Å². The zero-order valence-corrected chi connectivity index (χ0v) is 23.0. The van der Waals surface area contributed by atoms with Crippen LogP contribution in [0.15, 0.2) is 54.3 Å². The molecule has 4 unspecified atom stereocenters. The fourth-order valence-electron chi connectivity index (χ4n) is 3.92. The van der Waals surface area contributed by atoms with Crippen molar-refractivity contribution in [3.8, 4) is 0 Å². The molecule has 0 aromatic heterocycles. The topological polar surface area (TPSA) is 116 Å². The predicted octanol–water partition coefficient (Wildman–Crippen LogP) is 3.39. The van der Waals surface area contributed by atoms with Crippen LogP contribution in [0.2, 0.25) is 0 Å². The van der Waals surface area contributed by atoms with E-state index in [9.17, 15) is 19.2 Å². The molecule has 1 aromatic rings. The van der Waals surface area contributed by atoms with Crippen LogP contribution in [-0.2, 0) is 25.6 Å². The largest absolute Gasteiger partial charge is 0.351 e. The number of nitrogens with one attached hydrogen (secondary N) is 4. The van der Waals surface area contributed by atoms with Gasteiger partial charge in [-0.3, -0.25) is 19.2 Å². The molecule has 37 heavy (non-hydrogen) atoms. The molecular formula is C29H44N4O4. The van der Waals surface area contributed by atoms with E-state index in [1.807, 2.05) is 78.0 Å². The lowest BCUT2D eigenvalue weighted by molar-refractivity contribution is -0.130. The summed E-state index contributed by atoms with van der Waals surface area (Å²) in [4.78, 5) is 49.8. The molecule has 4 amide bonds. The van der Waals surface area contributed by atoms with E-state index in [1.165, 1.54) is 0 Å². The van der Waals surface area contributed by atoms with E-state index in [-0.39, 0.29) is 42.0 Å². The molecule has 0 heterocycles. The summed E-state index contributed by atoms with van der Waals surface area (Å²) in [5.74, 6) is -0.961. The molecule has 4 N–H and O–H groups in total. The molecule has 0 saturated carbocycles. The minimum atomic E-state index is -0.679. The van der Waals surface area contributed by atoms with Crippen LogP contribution >= 0.6 is 0 Å². The van der Waals surface area contributed by atoms with Gasteiger partial charge in [-0.1, -0.05) is 76.6 Å². The van der Waals surface area contributed by atoms with Gasteiger partial charge in [-0.15, -0.1) is 0 Å². The van der Waals surface area contributed by atoms with Crippen molar-refractivity contribution in [1.29, 1.82) is 0 Å². The fourth-order valence-corrected chi connectivity index (χ4v) is 3.92. The Labute approximate surface area is 221 Å². The van der Waals surface area contributed by atoms with Crippen LogP contribution in [-0.4, -0.2) is 42.3 Å². The summed E-state index contributed by atoms with van der Waals surface area (Å²) in [7, 11) is 0. The average Bonchev–Trinajstić information content (AvgIpc) is 2.88. The summed E-state index contributed by atoms with van der Waals surface area (Å²) in [5.41, 5.74) is 1.70. The standard InChI is InChI=1S/C29H44N4O4/c1-7-13-23(9-3)31-29(37)27(21(6)8-2)33-25(35)17-16-24(18-22-14-11-10-12-15-22)32-28(36)26(20(4)5)30-19-34/h7,9-15,19-21,24,26-27H,8,16-18H2,1-6H3,(H,30,34)(H,31,37)(H,32,36)(H,33,35)/b13-7-,23-9+. The second kappa shape index (κ2) is 17.1. The molecule has 0 aliphatic carbocycles. The zero-order chi connectivity index (χ0) is 27.8. The van der Waals surface area contributed by atoms with E-state index in [0.29, 0.717) is 24.9 Å². The molecule has 0 aliphatic heterocycles. The van der Waals surface area contributed by atoms with Crippen LogP contribution in [0, 0.1) is 11.8 Å². The lowest BCUT2D eigenvalue weighted by Gasteiger charge is -2.26. The molecular weight excluding hydrogens is 468 g/mol. The van der Waals surface area contributed by atoms with E-state index in [1.54, 1.807) is 12.2 Å². The van der Waals surface area contributed by atoms with Crippen LogP contribution in [0.25, 0.3) is 0 Å².